The summed E-state index contributed by atoms with van der Waals surface area (Å²) in [4.78, 5) is 13.4. The number of nitrogens with zero attached hydrogens (tertiary/aromatic N) is 1. The Labute approximate surface area is 106 Å². The predicted molar refractivity (Wildman–Crippen MR) is 67.7 cm³/mol. The third-order valence-corrected chi connectivity index (χ3v) is 3.28. The number of aromatic hydroxyl groups is 2. The summed E-state index contributed by atoms with van der Waals surface area (Å²) in [7, 11) is 0. The van der Waals surface area contributed by atoms with E-state index in [1.807, 2.05) is 13.8 Å². The first kappa shape index (κ1) is 14.3. The average Bonchev–Trinajstić information content (AvgIpc) is 2.28. The summed E-state index contributed by atoms with van der Waals surface area (Å²) in [5.41, 5.74) is -0.920. The minimum atomic E-state index is -1.28. The zero-order valence-corrected chi connectivity index (χ0v) is 10.8. The molecule has 18 heavy (non-hydrogen) atoms. The largest absolute Gasteiger partial charge is 0.508 e. The SMILES string of the molecule is CCN(CC)C(C)(C(=O)O)c1cc(O)cc(O)c1. The maximum Gasteiger partial charge on any atom is 0.328 e. The molecule has 0 radical (unpaired) electrons. The number of carboxylic acids is 1. The number of hydrogen-bond donors (Lipinski definition) is 3. The van der Waals surface area contributed by atoms with Crippen LogP contribution in [0.1, 0.15) is 26.3 Å². The molecule has 100 valence electrons. The monoisotopic (exact) mass is 253 g/mol. The van der Waals surface area contributed by atoms with Crippen LogP contribution in [0.4, 0.5) is 0 Å². The molecular weight excluding hydrogens is 234 g/mol. The minimum Gasteiger partial charge on any atom is -0.508 e. The zero-order chi connectivity index (χ0) is 13.9. The molecule has 1 aromatic rings. The van der Waals surface area contributed by atoms with Crippen LogP contribution in [0.25, 0.3) is 0 Å². The Bertz CT molecular complexity index is 422. The van der Waals surface area contributed by atoms with Crippen LogP contribution in [0, 0.1) is 0 Å². The Hall–Kier alpha value is -1.75. The van der Waals surface area contributed by atoms with Crippen molar-refractivity contribution < 1.29 is 20.1 Å². The molecule has 0 aliphatic carbocycles. The van der Waals surface area contributed by atoms with Crippen LogP contribution in [0.2, 0.25) is 0 Å². The summed E-state index contributed by atoms with van der Waals surface area (Å²) in [6.45, 7) is 6.41. The van der Waals surface area contributed by atoms with Gasteiger partial charge in [-0.25, -0.2) is 4.79 Å². The first-order chi connectivity index (χ1) is 8.36. The summed E-state index contributed by atoms with van der Waals surface area (Å²) in [6.07, 6.45) is 0. The third-order valence-electron chi connectivity index (χ3n) is 3.28. The van der Waals surface area contributed by atoms with Crippen molar-refractivity contribution in [3.63, 3.8) is 0 Å². The summed E-state index contributed by atoms with van der Waals surface area (Å²) in [5, 5.41) is 28.5. The Kier molecular flexibility index (Phi) is 4.19. The Morgan fingerprint density at radius 1 is 1.17 bits per heavy atom. The van der Waals surface area contributed by atoms with Crippen molar-refractivity contribution in [2.75, 3.05) is 13.1 Å². The normalized spacial score (nSPS) is 14.4. The highest BCUT2D eigenvalue weighted by molar-refractivity contribution is 5.80. The second-order valence-electron chi connectivity index (χ2n) is 4.29. The van der Waals surface area contributed by atoms with Gasteiger partial charge in [0.15, 0.2) is 0 Å². The molecule has 5 nitrogen and oxygen atoms in total. The Balaban J connectivity index is 3.39. The number of benzene rings is 1. The van der Waals surface area contributed by atoms with Crippen LogP contribution in [0.3, 0.4) is 0 Å². The molecule has 1 atom stereocenters. The van der Waals surface area contributed by atoms with E-state index in [-0.39, 0.29) is 11.5 Å². The van der Waals surface area contributed by atoms with Gasteiger partial charge in [0, 0.05) is 6.07 Å². The third kappa shape index (κ3) is 2.41. The van der Waals surface area contributed by atoms with E-state index in [1.54, 1.807) is 11.8 Å². The molecule has 5 heteroatoms. The van der Waals surface area contributed by atoms with Gasteiger partial charge in [-0.15, -0.1) is 0 Å². The maximum absolute atomic E-state index is 11.6. The number of phenolic OH excluding ortho intramolecular Hbond substituents is 2. The molecule has 1 aromatic carbocycles. The molecule has 0 aromatic heterocycles. The van der Waals surface area contributed by atoms with Crippen LogP contribution in [0.5, 0.6) is 11.5 Å². The lowest BCUT2D eigenvalue weighted by Gasteiger charge is -2.37. The van der Waals surface area contributed by atoms with Gasteiger partial charge in [0.1, 0.15) is 17.0 Å². The minimum absolute atomic E-state index is 0.148. The molecule has 0 spiro atoms. The van der Waals surface area contributed by atoms with Crippen molar-refractivity contribution in [2.24, 2.45) is 0 Å². The fourth-order valence-electron chi connectivity index (χ4n) is 2.17. The van der Waals surface area contributed by atoms with Gasteiger partial charge >= 0.3 is 5.97 Å². The maximum atomic E-state index is 11.6. The molecule has 0 aliphatic rings. The van der Waals surface area contributed by atoms with Gasteiger partial charge in [-0.1, -0.05) is 13.8 Å². The molecule has 0 fully saturated rings. The number of carboxylic acid groups (broad SMARTS) is 1. The van der Waals surface area contributed by atoms with Crippen LogP contribution in [-0.4, -0.2) is 39.3 Å². The second-order valence-corrected chi connectivity index (χ2v) is 4.29. The quantitative estimate of drug-likeness (QED) is 0.744. The van der Waals surface area contributed by atoms with Crippen LogP contribution < -0.4 is 0 Å². The van der Waals surface area contributed by atoms with E-state index in [4.69, 9.17) is 0 Å². The zero-order valence-electron chi connectivity index (χ0n) is 10.8. The molecule has 3 N–H and O–H groups in total. The number of likely N-dealkylation sites (N-methyl/N-ethyl adjacent to an activating group) is 1. The van der Waals surface area contributed by atoms with E-state index < -0.39 is 11.5 Å². The molecule has 0 aliphatic heterocycles. The fraction of sp³-hybridized carbons (Fsp3) is 0.462. The van der Waals surface area contributed by atoms with Gasteiger partial charge in [-0.3, -0.25) is 4.90 Å². The van der Waals surface area contributed by atoms with Crippen molar-refractivity contribution in [1.82, 2.24) is 4.90 Å². The lowest BCUT2D eigenvalue weighted by atomic mass is 9.89. The van der Waals surface area contributed by atoms with Gasteiger partial charge in [0.2, 0.25) is 0 Å². The highest BCUT2D eigenvalue weighted by Gasteiger charge is 2.40. The van der Waals surface area contributed by atoms with Gasteiger partial charge in [0.05, 0.1) is 0 Å². The molecule has 0 saturated carbocycles. The number of aliphatic carboxylic acids is 1. The van der Waals surface area contributed by atoms with Gasteiger partial charge in [0.25, 0.3) is 0 Å². The Morgan fingerprint density at radius 3 is 1.94 bits per heavy atom. The lowest BCUT2D eigenvalue weighted by Crippen LogP contribution is -2.49. The Morgan fingerprint density at radius 2 is 1.61 bits per heavy atom. The molecule has 1 unspecified atom stereocenters. The molecule has 0 heterocycles. The van der Waals surface area contributed by atoms with E-state index in [0.29, 0.717) is 18.7 Å². The standard InChI is InChI=1S/C13H19NO4/c1-4-14(5-2)13(3,12(17)18)9-6-10(15)8-11(16)7-9/h6-8,15-16H,4-5H2,1-3H3,(H,17,18). The number of hydrogen-bond acceptors (Lipinski definition) is 4. The van der Waals surface area contributed by atoms with Gasteiger partial charge in [-0.2, -0.15) is 0 Å². The number of phenols is 2. The van der Waals surface area contributed by atoms with E-state index in [9.17, 15) is 20.1 Å². The van der Waals surface area contributed by atoms with Gasteiger partial charge in [-0.05, 0) is 37.7 Å². The van der Waals surface area contributed by atoms with Crippen molar-refractivity contribution >= 4 is 5.97 Å². The van der Waals surface area contributed by atoms with Crippen LogP contribution >= 0.6 is 0 Å². The topological polar surface area (TPSA) is 81.0 Å². The summed E-state index contributed by atoms with van der Waals surface area (Å²) in [6, 6.07) is 3.91. The summed E-state index contributed by atoms with van der Waals surface area (Å²) in [5.74, 6) is -1.31. The van der Waals surface area contributed by atoms with Crippen LogP contribution in [0.15, 0.2) is 18.2 Å². The predicted octanol–water partition coefficient (Wildman–Crippen LogP) is 1.74. The molecule has 0 amide bonds. The summed E-state index contributed by atoms with van der Waals surface area (Å²) >= 11 is 0. The highest BCUT2D eigenvalue weighted by atomic mass is 16.4. The van der Waals surface area contributed by atoms with Crippen molar-refractivity contribution in [3.05, 3.63) is 23.8 Å². The first-order valence-electron chi connectivity index (χ1n) is 5.88. The average molecular weight is 253 g/mol. The van der Waals surface area contributed by atoms with Crippen molar-refractivity contribution in [2.45, 2.75) is 26.3 Å². The van der Waals surface area contributed by atoms with Crippen LogP contribution in [-0.2, 0) is 10.3 Å². The second kappa shape index (κ2) is 5.27. The molecule has 0 saturated heterocycles. The number of rotatable bonds is 5. The molecule has 1 rings (SSSR count). The van der Waals surface area contributed by atoms with Crippen molar-refractivity contribution in [1.29, 1.82) is 0 Å². The number of carbonyl (C=O) groups is 1. The van der Waals surface area contributed by atoms with Gasteiger partial charge < -0.3 is 15.3 Å². The van der Waals surface area contributed by atoms with Crippen molar-refractivity contribution in [3.8, 4) is 11.5 Å². The van der Waals surface area contributed by atoms with E-state index in [1.165, 1.54) is 18.2 Å². The lowest BCUT2D eigenvalue weighted by molar-refractivity contribution is -0.151. The highest BCUT2D eigenvalue weighted by Crippen LogP contribution is 2.33. The first-order valence-corrected chi connectivity index (χ1v) is 5.88. The molecular formula is C13H19NO4. The molecule has 0 bridgehead atoms. The fourth-order valence-corrected chi connectivity index (χ4v) is 2.17. The summed E-state index contributed by atoms with van der Waals surface area (Å²) < 4.78 is 0. The van der Waals surface area contributed by atoms with E-state index >= 15 is 0 Å². The smallest absolute Gasteiger partial charge is 0.328 e. The van der Waals surface area contributed by atoms with E-state index in [0.717, 1.165) is 0 Å². The van der Waals surface area contributed by atoms with E-state index in [2.05, 4.69) is 0 Å².